The summed E-state index contributed by atoms with van der Waals surface area (Å²) >= 11 is 1.19. The Kier molecular flexibility index (Phi) is 7.76. The molecule has 210 valence electrons. The molecule has 9 nitrogen and oxygen atoms in total. The van der Waals surface area contributed by atoms with E-state index in [2.05, 4.69) is 4.99 Å². The lowest BCUT2D eigenvalue weighted by Gasteiger charge is -2.26. The first-order chi connectivity index (χ1) is 19.7. The minimum atomic E-state index is -1.01. The Hall–Kier alpha value is -4.70. The summed E-state index contributed by atoms with van der Waals surface area (Å²) in [6, 6.07) is 16.3. The third kappa shape index (κ3) is 5.51. The quantitative estimate of drug-likeness (QED) is 0.308. The van der Waals surface area contributed by atoms with Gasteiger partial charge in [0.05, 0.1) is 34.1 Å². The second-order valence-corrected chi connectivity index (χ2v) is 10.6. The number of furan rings is 1. The second-order valence-electron chi connectivity index (χ2n) is 9.59. The van der Waals surface area contributed by atoms with Crippen LogP contribution >= 0.6 is 11.3 Å². The van der Waals surface area contributed by atoms with Crippen LogP contribution in [0.3, 0.4) is 0 Å². The molecule has 10 heteroatoms. The normalized spacial score (nSPS) is 15.0. The number of aromatic carboxylic acids is 1. The third-order valence-corrected chi connectivity index (χ3v) is 7.39. The molecule has 5 rings (SSSR count). The summed E-state index contributed by atoms with van der Waals surface area (Å²) in [4.78, 5) is 43.3. The predicted octanol–water partition coefficient (Wildman–Crippen LogP) is 4.54. The number of carboxylic acid groups (broad SMARTS) is 1. The van der Waals surface area contributed by atoms with Crippen LogP contribution < -0.4 is 19.6 Å². The van der Waals surface area contributed by atoms with Crippen molar-refractivity contribution in [2.24, 2.45) is 4.99 Å². The van der Waals surface area contributed by atoms with E-state index in [4.69, 9.17) is 19.0 Å². The van der Waals surface area contributed by atoms with Crippen molar-refractivity contribution < 1.29 is 28.6 Å². The molecule has 1 aliphatic rings. The molecular weight excluding hydrogens is 544 g/mol. The fourth-order valence-electron chi connectivity index (χ4n) is 4.65. The van der Waals surface area contributed by atoms with Crippen molar-refractivity contribution in [2.45, 2.75) is 39.8 Å². The molecule has 1 atom stereocenters. The maximum atomic E-state index is 13.9. The summed E-state index contributed by atoms with van der Waals surface area (Å²) in [6.07, 6.45) is 1.51. The second kappa shape index (κ2) is 11.4. The highest BCUT2D eigenvalue weighted by Crippen LogP contribution is 2.36. The molecule has 2 aromatic heterocycles. The van der Waals surface area contributed by atoms with Gasteiger partial charge in [-0.05, 0) is 58.0 Å². The zero-order valence-corrected chi connectivity index (χ0v) is 23.7. The van der Waals surface area contributed by atoms with Gasteiger partial charge in [-0.25, -0.2) is 14.6 Å². The summed E-state index contributed by atoms with van der Waals surface area (Å²) in [5, 5.41) is 9.14. The number of thiazole rings is 1. The number of carbonyl (C=O) groups excluding carboxylic acids is 1. The molecule has 0 unspecified atom stereocenters. The fraction of sp³-hybridized carbons (Fsp3) is 0.226. The van der Waals surface area contributed by atoms with Crippen molar-refractivity contribution in [1.82, 2.24) is 4.57 Å². The number of carbonyl (C=O) groups is 2. The van der Waals surface area contributed by atoms with Crippen LogP contribution in [0.5, 0.6) is 5.75 Å². The summed E-state index contributed by atoms with van der Waals surface area (Å²) in [7, 11) is 0. The van der Waals surface area contributed by atoms with E-state index in [1.807, 2.05) is 38.1 Å². The van der Waals surface area contributed by atoms with Crippen LogP contribution in [0.4, 0.5) is 0 Å². The van der Waals surface area contributed by atoms with Gasteiger partial charge in [-0.3, -0.25) is 9.36 Å². The number of allylic oxidation sites excluding steroid dienone is 1. The van der Waals surface area contributed by atoms with Crippen molar-refractivity contribution >= 4 is 29.4 Å². The SMILES string of the molecule is CCOC(=O)C1=C(C)N=c2s/c(=C/c3ccc(-c4ccc(C(=O)O)cc4)o3)c(=O)n2[C@@H]1c1ccccc1OC(C)C. The van der Waals surface area contributed by atoms with E-state index < -0.39 is 18.0 Å². The van der Waals surface area contributed by atoms with Gasteiger partial charge in [0.2, 0.25) is 0 Å². The van der Waals surface area contributed by atoms with Crippen molar-refractivity contribution in [3.8, 4) is 17.1 Å². The molecule has 0 saturated carbocycles. The zero-order chi connectivity index (χ0) is 29.3. The number of carboxylic acids is 1. The van der Waals surface area contributed by atoms with E-state index in [1.165, 1.54) is 28.0 Å². The maximum Gasteiger partial charge on any atom is 0.338 e. The summed E-state index contributed by atoms with van der Waals surface area (Å²) < 4.78 is 19.3. The Morgan fingerprint density at radius 2 is 1.85 bits per heavy atom. The van der Waals surface area contributed by atoms with Gasteiger partial charge in [-0.15, -0.1) is 0 Å². The predicted molar refractivity (Wildman–Crippen MR) is 154 cm³/mol. The van der Waals surface area contributed by atoms with Gasteiger partial charge in [0.15, 0.2) is 4.80 Å². The van der Waals surface area contributed by atoms with Crippen LogP contribution in [0.25, 0.3) is 17.4 Å². The molecule has 0 fully saturated rings. The molecular formula is C31H28N2O7S. The lowest BCUT2D eigenvalue weighted by atomic mass is 9.95. The molecule has 41 heavy (non-hydrogen) atoms. The van der Waals surface area contributed by atoms with Crippen LogP contribution in [0, 0.1) is 0 Å². The zero-order valence-electron chi connectivity index (χ0n) is 22.9. The number of benzene rings is 2. The first kappa shape index (κ1) is 27.9. The Bertz CT molecular complexity index is 1840. The number of esters is 1. The van der Waals surface area contributed by atoms with Crippen LogP contribution in [0.15, 0.2) is 86.1 Å². The van der Waals surface area contributed by atoms with Crippen molar-refractivity contribution in [3.63, 3.8) is 0 Å². The molecule has 0 spiro atoms. The van der Waals surface area contributed by atoms with Gasteiger partial charge in [0, 0.05) is 17.2 Å². The fourth-order valence-corrected chi connectivity index (χ4v) is 5.67. The van der Waals surface area contributed by atoms with Gasteiger partial charge < -0.3 is 19.0 Å². The Morgan fingerprint density at radius 1 is 1.12 bits per heavy atom. The van der Waals surface area contributed by atoms with Crippen molar-refractivity contribution in [3.05, 3.63) is 109 Å². The van der Waals surface area contributed by atoms with Gasteiger partial charge in [0.1, 0.15) is 23.3 Å². The average Bonchev–Trinajstić information content (AvgIpc) is 3.52. The minimum Gasteiger partial charge on any atom is -0.491 e. The lowest BCUT2D eigenvalue weighted by molar-refractivity contribution is -0.139. The summed E-state index contributed by atoms with van der Waals surface area (Å²) in [5.74, 6) is -0.0294. The highest BCUT2D eigenvalue weighted by atomic mass is 32.1. The van der Waals surface area contributed by atoms with Gasteiger partial charge in [-0.1, -0.05) is 41.7 Å². The molecule has 3 heterocycles. The lowest BCUT2D eigenvalue weighted by Crippen LogP contribution is -2.40. The van der Waals surface area contributed by atoms with Crippen LogP contribution in [0.1, 0.15) is 55.4 Å². The smallest absolute Gasteiger partial charge is 0.338 e. The molecule has 0 saturated heterocycles. The first-order valence-electron chi connectivity index (χ1n) is 13.1. The maximum absolute atomic E-state index is 13.9. The number of ether oxygens (including phenoxy) is 2. The van der Waals surface area contributed by atoms with E-state index in [0.29, 0.717) is 43.4 Å². The Balaban J connectivity index is 1.63. The average molecular weight is 573 g/mol. The third-order valence-electron chi connectivity index (χ3n) is 6.41. The first-order valence-corrected chi connectivity index (χ1v) is 13.9. The van der Waals surface area contributed by atoms with Gasteiger partial charge in [-0.2, -0.15) is 0 Å². The standard InChI is InChI=1S/C31H28N2O7S/c1-5-38-30(37)26-18(4)32-31-33(27(26)22-8-6-7-9-24(22)39-17(2)3)28(34)25(41-31)16-21-14-15-23(40-21)19-10-12-20(13-11-19)29(35)36/h6-17,27H,5H2,1-4H3,(H,35,36)/b25-16+/t27-/m1/s1. The highest BCUT2D eigenvalue weighted by molar-refractivity contribution is 7.07. The summed E-state index contributed by atoms with van der Waals surface area (Å²) in [5.41, 5.74) is 1.93. The Morgan fingerprint density at radius 3 is 2.54 bits per heavy atom. The number of nitrogens with zero attached hydrogens (tertiary/aromatic N) is 2. The number of para-hydroxylation sites is 1. The van der Waals surface area contributed by atoms with Gasteiger partial charge in [0.25, 0.3) is 5.56 Å². The molecule has 1 N–H and O–H groups in total. The summed E-state index contributed by atoms with van der Waals surface area (Å²) in [6.45, 7) is 7.46. The van der Waals surface area contributed by atoms with Crippen molar-refractivity contribution in [2.75, 3.05) is 6.61 Å². The number of fused-ring (bicyclic) bond motifs is 1. The molecule has 0 amide bonds. The van der Waals surface area contributed by atoms with E-state index >= 15 is 0 Å². The number of hydrogen-bond donors (Lipinski definition) is 1. The largest absolute Gasteiger partial charge is 0.491 e. The molecule has 0 bridgehead atoms. The number of aromatic nitrogens is 1. The monoisotopic (exact) mass is 572 g/mol. The molecule has 0 radical (unpaired) electrons. The minimum absolute atomic E-state index is 0.128. The molecule has 2 aromatic carbocycles. The number of hydrogen-bond acceptors (Lipinski definition) is 8. The van der Waals surface area contributed by atoms with Crippen molar-refractivity contribution in [1.29, 1.82) is 0 Å². The highest BCUT2D eigenvalue weighted by Gasteiger charge is 2.35. The van der Waals surface area contributed by atoms with E-state index in [9.17, 15) is 14.4 Å². The van der Waals surface area contributed by atoms with E-state index in [-0.39, 0.29) is 29.4 Å². The van der Waals surface area contributed by atoms with Gasteiger partial charge >= 0.3 is 11.9 Å². The molecule has 4 aromatic rings. The molecule has 1 aliphatic heterocycles. The van der Waals surface area contributed by atoms with Crippen LogP contribution in [-0.2, 0) is 9.53 Å². The van der Waals surface area contributed by atoms with E-state index in [1.54, 1.807) is 44.2 Å². The van der Waals surface area contributed by atoms with E-state index in [0.717, 1.165) is 0 Å². The Labute approximate surface area is 239 Å². The van der Waals surface area contributed by atoms with Crippen LogP contribution in [-0.4, -0.2) is 34.3 Å². The molecule has 0 aliphatic carbocycles. The van der Waals surface area contributed by atoms with Crippen LogP contribution in [0.2, 0.25) is 0 Å². The topological polar surface area (TPSA) is 120 Å². The number of rotatable bonds is 8.